The minimum atomic E-state index is -1.50. The van der Waals surface area contributed by atoms with E-state index in [2.05, 4.69) is 10.6 Å². The van der Waals surface area contributed by atoms with E-state index in [4.69, 9.17) is 14.9 Å². The first-order chi connectivity index (χ1) is 9.83. The van der Waals surface area contributed by atoms with Gasteiger partial charge < -0.3 is 25.6 Å². The molecule has 0 aromatic heterocycles. The fraction of sp³-hybridized carbons (Fsp3) is 0.308. The van der Waals surface area contributed by atoms with E-state index in [0.29, 0.717) is 11.4 Å². The Morgan fingerprint density at radius 3 is 2.43 bits per heavy atom. The Morgan fingerprint density at radius 1 is 1.29 bits per heavy atom. The van der Waals surface area contributed by atoms with E-state index in [1.54, 1.807) is 25.1 Å². The van der Waals surface area contributed by atoms with Gasteiger partial charge in [-0.3, -0.25) is 4.79 Å². The average Bonchev–Trinajstić information content (AvgIpc) is 2.37. The normalized spacial score (nSPS) is 11.3. The summed E-state index contributed by atoms with van der Waals surface area (Å²) in [7, 11) is 1.52. The van der Waals surface area contributed by atoms with Crippen LogP contribution in [0.3, 0.4) is 0 Å². The molecule has 0 heterocycles. The molecule has 0 bridgehead atoms. The molecular weight excluding hydrogens is 280 g/mol. The monoisotopic (exact) mass is 296 g/mol. The van der Waals surface area contributed by atoms with Crippen LogP contribution in [0.15, 0.2) is 18.2 Å². The van der Waals surface area contributed by atoms with E-state index in [-0.39, 0.29) is 0 Å². The SMILES string of the molecule is COc1ccc(NC(=O)N[C@H](CC(=O)O)C(=O)O)cc1C. The Kier molecular flexibility index (Phi) is 5.53. The summed E-state index contributed by atoms with van der Waals surface area (Å²) < 4.78 is 5.07. The molecule has 1 atom stereocenters. The largest absolute Gasteiger partial charge is 0.496 e. The Labute approximate surface area is 120 Å². The van der Waals surface area contributed by atoms with Gasteiger partial charge >= 0.3 is 18.0 Å². The first kappa shape index (κ1) is 16.3. The van der Waals surface area contributed by atoms with Crippen molar-refractivity contribution in [3.05, 3.63) is 23.8 Å². The third-order valence-electron chi connectivity index (χ3n) is 2.63. The topological polar surface area (TPSA) is 125 Å². The summed E-state index contributed by atoms with van der Waals surface area (Å²) in [4.78, 5) is 33.0. The molecule has 0 unspecified atom stereocenters. The number of nitrogens with one attached hydrogen (secondary N) is 2. The molecule has 1 aromatic carbocycles. The number of aliphatic carboxylic acids is 2. The number of benzene rings is 1. The third-order valence-corrected chi connectivity index (χ3v) is 2.63. The highest BCUT2D eigenvalue weighted by Crippen LogP contribution is 2.21. The van der Waals surface area contributed by atoms with Crippen molar-refractivity contribution >= 4 is 23.7 Å². The molecule has 0 spiro atoms. The summed E-state index contributed by atoms with van der Waals surface area (Å²) in [6.45, 7) is 1.78. The highest BCUT2D eigenvalue weighted by Gasteiger charge is 2.23. The highest BCUT2D eigenvalue weighted by atomic mass is 16.5. The quantitative estimate of drug-likeness (QED) is 0.622. The molecule has 2 amide bonds. The van der Waals surface area contributed by atoms with Gasteiger partial charge in [0.25, 0.3) is 0 Å². The van der Waals surface area contributed by atoms with Crippen molar-refractivity contribution in [3.63, 3.8) is 0 Å². The molecule has 0 radical (unpaired) electrons. The summed E-state index contributed by atoms with van der Waals surface area (Å²) in [5.74, 6) is -2.09. The maximum absolute atomic E-state index is 11.7. The van der Waals surface area contributed by atoms with Gasteiger partial charge in [0.05, 0.1) is 13.5 Å². The fourth-order valence-corrected chi connectivity index (χ4v) is 1.66. The molecule has 0 aliphatic carbocycles. The zero-order chi connectivity index (χ0) is 16.0. The number of rotatable bonds is 6. The molecule has 8 heteroatoms. The predicted octanol–water partition coefficient (Wildman–Crippen LogP) is 1.05. The van der Waals surface area contributed by atoms with Crippen molar-refractivity contribution in [2.24, 2.45) is 0 Å². The number of methoxy groups -OCH3 is 1. The summed E-state index contributed by atoms with van der Waals surface area (Å²) in [6, 6.07) is 2.58. The zero-order valence-electron chi connectivity index (χ0n) is 11.5. The number of carboxylic acids is 2. The molecule has 1 rings (SSSR count). The number of urea groups is 1. The van der Waals surface area contributed by atoms with Crippen molar-refractivity contribution in [2.45, 2.75) is 19.4 Å². The van der Waals surface area contributed by atoms with E-state index >= 15 is 0 Å². The number of hydrogen-bond acceptors (Lipinski definition) is 4. The second-order valence-corrected chi connectivity index (χ2v) is 4.27. The molecule has 114 valence electrons. The maximum atomic E-state index is 11.7. The van der Waals surface area contributed by atoms with Crippen LogP contribution in [-0.4, -0.2) is 41.3 Å². The van der Waals surface area contributed by atoms with Crippen LogP contribution in [0.5, 0.6) is 5.75 Å². The van der Waals surface area contributed by atoms with Gasteiger partial charge in [-0.1, -0.05) is 0 Å². The maximum Gasteiger partial charge on any atom is 0.326 e. The Bertz CT molecular complexity index is 558. The second-order valence-electron chi connectivity index (χ2n) is 4.27. The van der Waals surface area contributed by atoms with Gasteiger partial charge in [-0.15, -0.1) is 0 Å². The van der Waals surface area contributed by atoms with Crippen molar-refractivity contribution in [1.82, 2.24) is 5.32 Å². The van der Waals surface area contributed by atoms with Gasteiger partial charge in [-0.05, 0) is 30.7 Å². The van der Waals surface area contributed by atoms with Gasteiger partial charge in [0, 0.05) is 5.69 Å². The van der Waals surface area contributed by atoms with Crippen LogP contribution in [0, 0.1) is 6.92 Å². The number of carbonyl (C=O) groups is 3. The number of carboxylic acid groups (broad SMARTS) is 2. The number of amides is 2. The van der Waals surface area contributed by atoms with Crippen LogP contribution >= 0.6 is 0 Å². The third kappa shape index (κ3) is 5.01. The zero-order valence-corrected chi connectivity index (χ0v) is 11.5. The number of hydrogen-bond donors (Lipinski definition) is 4. The van der Waals surface area contributed by atoms with Crippen LogP contribution in [-0.2, 0) is 9.59 Å². The molecule has 0 aliphatic heterocycles. The van der Waals surface area contributed by atoms with Gasteiger partial charge in [0.2, 0.25) is 0 Å². The first-order valence-electron chi connectivity index (χ1n) is 6.00. The van der Waals surface area contributed by atoms with E-state index in [9.17, 15) is 14.4 Å². The lowest BCUT2D eigenvalue weighted by atomic mass is 10.2. The van der Waals surface area contributed by atoms with Crippen LogP contribution in [0.4, 0.5) is 10.5 Å². The number of anilines is 1. The van der Waals surface area contributed by atoms with Crippen LogP contribution < -0.4 is 15.4 Å². The average molecular weight is 296 g/mol. The highest BCUT2D eigenvalue weighted by molar-refractivity contribution is 5.93. The molecule has 0 saturated heterocycles. The summed E-state index contributed by atoms with van der Waals surface area (Å²) in [5.41, 5.74) is 1.22. The van der Waals surface area contributed by atoms with E-state index in [0.717, 1.165) is 5.56 Å². The number of ether oxygens (including phenoxy) is 1. The minimum absolute atomic E-state index is 0.435. The fourth-order valence-electron chi connectivity index (χ4n) is 1.66. The van der Waals surface area contributed by atoms with Crippen LogP contribution in [0.1, 0.15) is 12.0 Å². The van der Waals surface area contributed by atoms with Gasteiger partial charge in [-0.2, -0.15) is 0 Å². The van der Waals surface area contributed by atoms with Crippen LogP contribution in [0.2, 0.25) is 0 Å². The van der Waals surface area contributed by atoms with Gasteiger partial charge in [0.15, 0.2) is 0 Å². The van der Waals surface area contributed by atoms with E-state index in [1.165, 1.54) is 7.11 Å². The van der Waals surface area contributed by atoms with Crippen LogP contribution in [0.25, 0.3) is 0 Å². The predicted molar refractivity (Wildman–Crippen MR) is 73.6 cm³/mol. The molecule has 0 aliphatic rings. The molecule has 0 saturated carbocycles. The Morgan fingerprint density at radius 2 is 1.95 bits per heavy atom. The standard InChI is InChI=1S/C13H16N2O6/c1-7-5-8(3-4-10(7)21-2)14-13(20)15-9(12(18)19)6-11(16)17/h3-5,9H,6H2,1-2H3,(H,16,17)(H,18,19)(H2,14,15,20)/t9-/m1/s1. The smallest absolute Gasteiger partial charge is 0.326 e. The lowest BCUT2D eigenvalue weighted by Gasteiger charge is -2.14. The Balaban J connectivity index is 2.69. The Hall–Kier alpha value is -2.77. The van der Waals surface area contributed by atoms with Gasteiger partial charge in [-0.25, -0.2) is 9.59 Å². The van der Waals surface area contributed by atoms with Crippen molar-refractivity contribution in [2.75, 3.05) is 12.4 Å². The molecule has 8 nitrogen and oxygen atoms in total. The number of carbonyl (C=O) groups excluding carboxylic acids is 1. The van der Waals surface area contributed by atoms with Crippen molar-refractivity contribution < 1.29 is 29.3 Å². The summed E-state index contributed by atoms with van der Waals surface area (Å²) >= 11 is 0. The van der Waals surface area contributed by atoms with E-state index < -0.39 is 30.4 Å². The molecule has 1 aromatic rings. The minimum Gasteiger partial charge on any atom is -0.496 e. The lowest BCUT2D eigenvalue weighted by Crippen LogP contribution is -2.44. The lowest BCUT2D eigenvalue weighted by molar-refractivity contribution is -0.145. The van der Waals surface area contributed by atoms with Crippen molar-refractivity contribution in [3.8, 4) is 5.75 Å². The molecular formula is C13H16N2O6. The first-order valence-corrected chi connectivity index (χ1v) is 6.00. The molecule has 4 N–H and O–H groups in total. The molecule has 21 heavy (non-hydrogen) atoms. The summed E-state index contributed by atoms with van der Waals surface area (Å²) in [5, 5.41) is 21.9. The molecule has 0 fully saturated rings. The van der Waals surface area contributed by atoms with Gasteiger partial charge in [0.1, 0.15) is 11.8 Å². The van der Waals surface area contributed by atoms with E-state index in [1.807, 2.05) is 0 Å². The summed E-state index contributed by atoms with van der Waals surface area (Å²) in [6.07, 6.45) is -0.704. The second kappa shape index (κ2) is 7.13. The number of aryl methyl sites for hydroxylation is 1. The van der Waals surface area contributed by atoms with Crippen molar-refractivity contribution in [1.29, 1.82) is 0 Å².